The fourth-order valence-electron chi connectivity index (χ4n) is 6.07. The summed E-state index contributed by atoms with van der Waals surface area (Å²) < 4.78 is 0. The Bertz CT molecular complexity index is 936. The van der Waals surface area contributed by atoms with Gasteiger partial charge < -0.3 is 5.11 Å². The molecule has 0 aromatic carbocycles. The Kier molecular flexibility index (Phi) is 5.52. The van der Waals surface area contributed by atoms with E-state index in [1.807, 2.05) is 37.9 Å². The lowest BCUT2D eigenvalue weighted by Gasteiger charge is -2.26. The summed E-state index contributed by atoms with van der Waals surface area (Å²) in [7, 11) is 4.28. The maximum absolute atomic E-state index is 11.7. The highest BCUT2D eigenvalue weighted by Gasteiger charge is 2.44. The van der Waals surface area contributed by atoms with Gasteiger partial charge in [0.15, 0.2) is 0 Å². The highest BCUT2D eigenvalue weighted by Crippen LogP contribution is 2.52. The minimum Gasteiger partial charge on any atom is -0.481 e. The van der Waals surface area contributed by atoms with E-state index in [0.717, 1.165) is 12.1 Å². The molecule has 5 rings (SSSR count). The van der Waals surface area contributed by atoms with Crippen molar-refractivity contribution >= 4 is 5.97 Å². The van der Waals surface area contributed by atoms with E-state index in [0.29, 0.717) is 30.3 Å². The van der Waals surface area contributed by atoms with Gasteiger partial charge in [0.1, 0.15) is 0 Å². The fraction of sp³-hybridized carbons (Fsp3) is 0.560. The van der Waals surface area contributed by atoms with Crippen LogP contribution < -0.4 is 0 Å². The summed E-state index contributed by atoms with van der Waals surface area (Å²) in [4.78, 5) is 25.2. The van der Waals surface area contributed by atoms with Crippen molar-refractivity contribution in [2.24, 2.45) is 11.8 Å². The maximum Gasteiger partial charge on any atom is 0.308 e. The Hall–Kier alpha value is -2.31. The van der Waals surface area contributed by atoms with Gasteiger partial charge in [0.25, 0.3) is 0 Å². The number of nitrogens with zero attached hydrogens (tertiary/aromatic N) is 4. The molecule has 1 aliphatic carbocycles. The van der Waals surface area contributed by atoms with Crippen LogP contribution in [0.5, 0.6) is 0 Å². The monoisotopic (exact) mass is 420 g/mol. The van der Waals surface area contributed by atoms with Crippen LogP contribution in [-0.4, -0.2) is 57.5 Å². The Balaban J connectivity index is 1.24. The summed E-state index contributed by atoms with van der Waals surface area (Å²) in [5.74, 6) is 0.229. The second-order valence-electron chi connectivity index (χ2n) is 9.75. The van der Waals surface area contributed by atoms with Crippen molar-refractivity contribution in [1.82, 2.24) is 19.8 Å². The molecule has 2 aromatic heterocycles. The van der Waals surface area contributed by atoms with E-state index in [9.17, 15) is 9.90 Å². The van der Waals surface area contributed by atoms with Gasteiger partial charge in [-0.3, -0.25) is 24.6 Å². The first kappa shape index (κ1) is 20.6. The van der Waals surface area contributed by atoms with Crippen molar-refractivity contribution in [3.63, 3.8) is 0 Å². The largest absolute Gasteiger partial charge is 0.481 e. The number of aromatic nitrogens is 2. The minimum atomic E-state index is -0.698. The average molecular weight is 421 g/mol. The van der Waals surface area contributed by atoms with Crippen LogP contribution in [0.4, 0.5) is 0 Å². The molecule has 31 heavy (non-hydrogen) atoms. The van der Waals surface area contributed by atoms with Crippen LogP contribution in [0, 0.1) is 11.8 Å². The Morgan fingerprint density at radius 1 is 1.10 bits per heavy atom. The van der Waals surface area contributed by atoms with Crippen molar-refractivity contribution in [2.45, 2.75) is 56.1 Å². The van der Waals surface area contributed by atoms with Gasteiger partial charge in [-0.2, -0.15) is 0 Å². The molecule has 3 aliphatic rings. The van der Waals surface area contributed by atoms with E-state index < -0.39 is 5.97 Å². The molecule has 3 fully saturated rings. The van der Waals surface area contributed by atoms with Crippen LogP contribution >= 0.6 is 0 Å². The quantitative estimate of drug-likeness (QED) is 0.765. The number of hydrogen-bond acceptors (Lipinski definition) is 5. The topological polar surface area (TPSA) is 69.6 Å². The SMILES string of the molecule is CN1CCC(C(=O)O)C1c1cncc(C2C[C@@H]2CC2CCC(c3cccnc3)N2C)c1. The molecule has 1 N–H and O–H groups in total. The highest BCUT2D eigenvalue weighted by atomic mass is 16.4. The third-order valence-electron chi connectivity index (χ3n) is 7.92. The standard InChI is InChI=1S/C25H32N4O2/c1-28-9-7-21(25(30)31)24(28)19-10-18(14-27-15-19)22-12-17(22)11-20-5-6-23(29(20)2)16-4-3-8-26-13-16/h3-4,8,10,13-15,17,20-24H,5-7,9,11-12H2,1-2H3,(H,30,31)/t17-,20?,21?,22?,23?,24?/m0/s1. The number of pyridine rings is 2. The van der Waals surface area contributed by atoms with Gasteiger partial charge in [-0.25, -0.2) is 0 Å². The second kappa shape index (κ2) is 8.32. The van der Waals surface area contributed by atoms with Crippen molar-refractivity contribution in [1.29, 1.82) is 0 Å². The van der Waals surface area contributed by atoms with Gasteiger partial charge in [0.2, 0.25) is 0 Å². The summed E-state index contributed by atoms with van der Waals surface area (Å²) in [6.07, 6.45) is 13.3. The van der Waals surface area contributed by atoms with Crippen molar-refractivity contribution in [3.05, 3.63) is 59.7 Å². The van der Waals surface area contributed by atoms with Gasteiger partial charge in [-0.1, -0.05) is 12.1 Å². The molecule has 0 bridgehead atoms. The number of likely N-dealkylation sites (tertiary alicyclic amines) is 2. The molecule has 2 aromatic rings. The van der Waals surface area contributed by atoms with Crippen LogP contribution in [0.15, 0.2) is 43.0 Å². The van der Waals surface area contributed by atoms with E-state index in [1.54, 1.807) is 0 Å². The Morgan fingerprint density at radius 3 is 2.68 bits per heavy atom. The number of carbonyl (C=O) groups is 1. The molecule has 2 saturated heterocycles. The number of rotatable bonds is 6. The molecule has 1 saturated carbocycles. The van der Waals surface area contributed by atoms with Gasteiger partial charge in [-0.05, 0) is 87.3 Å². The zero-order chi connectivity index (χ0) is 21.5. The molecule has 0 amide bonds. The molecule has 164 valence electrons. The number of carboxylic acids is 1. The number of aliphatic carboxylic acids is 1. The van der Waals surface area contributed by atoms with Crippen LogP contribution in [0.1, 0.15) is 66.8 Å². The Morgan fingerprint density at radius 2 is 1.90 bits per heavy atom. The first-order chi connectivity index (χ1) is 15.0. The van der Waals surface area contributed by atoms with Crippen LogP contribution in [0.3, 0.4) is 0 Å². The van der Waals surface area contributed by atoms with E-state index >= 15 is 0 Å². The average Bonchev–Trinajstić information content (AvgIpc) is 3.30. The summed E-state index contributed by atoms with van der Waals surface area (Å²) in [6.45, 7) is 0.823. The van der Waals surface area contributed by atoms with Gasteiger partial charge >= 0.3 is 5.97 Å². The van der Waals surface area contributed by atoms with Gasteiger partial charge in [0, 0.05) is 42.9 Å². The molecule has 6 nitrogen and oxygen atoms in total. The molecule has 5 unspecified atom stereocenters. The molecule has 0 radical (unpaired) electrons. The smallest absolute Gasteiger partial charge is 0.308 e. The summed E-state index contributed by atoms with van der Waals surface area (Å²) in [6, 6.07) is 7.49. The molecule has 4 heterocycles. The normalized spacial score (nSPS) is 33.6. The van der Waals surface area contributed by atoms with Crippen molar-refractivity contribution < 1.29 is 9.90 Å². The number of carboxylic acid groups (broad SMARTS) is 1. The lowest BCUT2D eigenvalue weighted by molar-refractivity contribution is -0.142. The summed E-state index contributed by atoms with van der Waals surface area (Å²) in [5.41, 5.74) is 3.67. The molecule has 0 spiro atoms. The molecule has 2 aliphatic heterocycles. The van der Waals surface area contributed by atoms with Crippen LogP contribution in [0.2, 0.25) is 0 Å². The molecular weight excluding hydrogens is 388 g/mol. The predicted octanol–water partition coefficient (Wildman–Crippen LogP) is 3.88. The first-order valence-electron chi connectivity index (χ1n) is 11.5. The third-order valence-corrected chi connectivity index (χ3v) is 7.92. The van der Waals surface area contributed by atoms with Crippen molar-refractivity contribution in [2.75, 3.05) is 20.6 Å². The second-order valence-corrected chi connectivity index (χ2v) is 9.75. The minimum absolute atomic E-state index is 0.0663. The van der Waals surface area contributed by atoms with E-state index in [1.165, 1.54) is 36.8 Å². The maximum atomic E-state index is 11.7. The molecular formula is C25H32N4O2. The third kappa shape index (κ3) is 3.99. The van der Waals surface area contributed by atoms with Crippen LogP contribution in [0.25, 0.3) is 0 Å². The van der Waals surface area contributed by atoms with Crippen LogP contribution in [-0.2, 0) is 4.79 Å². The lowest BCUT2D eigenvalue weighted by atomic mass is 9.93. The highest BCUT2D eigenvalue weighted by molar-refractivity contribution is 5.71. The summed E-state index contributed by atoms with van der Waals surface area (Å²) in [5, 5.41) is 9.63. The molecule has 6 atom stereocenters. The first-order valence-corrected chi connectivity index (χ1v) is 11.5. The summed E-state index contributed by atoms with van der Waals surface area (Å²) >= 11 is 0. The van der Waals surface area contributed by atoms with E-state index in [4.69, 9.17) is 0 Å². The van der Waals surface area contributed by atoms with E-state index in [2.05, 4.69) is 38.9 Å². The molecule has 6 heteroatoms. The zero-order valence-electron chi connectivity index (χ0n) is 18.4. The number of hydrogen-bond donors (Lipinski definition) is 1. The lowest BCUT2D eigenvalue weighted by Crippen LogP contribution is -2.28. The fourth-order valence-corrected chi connectivity index (χ4v) is 6.07. The van der Waals surface area contributed by atoms with Gasteiger partial charge in [-0.15, -0.1) is 0 Å². The van der Waals surface area contributed by atoms with Gasteiger partial charge in [0.05, 0.1) is 5.92 Å². The van der Waals surface area contributed by atoms with Crippen molar-refractivity contribution in [3.8, 4) is 0 Å². The Labute approximate surface area is 184 Å². The zero-order valence-corrected chi connectivity index (χ0v) is 18.4. The van der Waals surface area contributed by atoms with E-state index in [-0.39, 0.29) is 12.0 Å². The predicted molar refractivity (Wildman–Crippen MR) is 119 cm³/mol.